The normalized spacial score (nSPS) is 11.7. The Labute approximate surface area is 112 Å². The van der Waals surface area contributed by atoms with Gasteiger partial charge in [-0.1, -0.05) is 6.92 Å². The lowest BCUT2D eigenvalue weighted by atomic mass is 10.2. The van der Waals surface area contributed by atoms with E-state index < -0.39 is 10.0 Å². The molecule has 1 heterocycles. The van der Waals surface area contributed by atoms with Crippen LogP contribution in [0.2, 0.25) is 0 Å². The molecule has 19 heavy (non-hydrogen) atoms. The van der Waals surface area contributed by atoms with Crippen molar-refractivity contribution < 1.29 is 8.42 Å². The second-order valence-electron chi connectivity index (χ2n) is 4.00. The van der Waals surface area contributed by atoms with E-state index >= 15 is 0 Å². The van der Waals surface area contributed by atoms with Crippen LogP contribution >= 0.6 is 0 Å². The number of hydrogen-bond acceptors (Lipinski definition) is 4. The van der Waals surface area contributed by atoms with Crippen LogP contribution < -0.4 is 10.5 Å². The molecule has 0 aliphatic rings. The molecular formula is C12H16N4O2S. The van der Waals surface area contributed by atoms with E-state index in [2.05, 4.69) is 9.71 Å². The average Bonchev–Trinajstić information content (AvgIpc) is 2.86. The van der Waals surface area contributed by atoms with Crippen LogP contribution in [0.5, 0.6) is 0 Å². The second kappa shape index (κ2) is 5.02. The highest BCUT2D eigenvalue weighted by Gasteiger charge is 2.19. The van der Waals surface area contributed by atoms with E-state index in [9.17, 15) is 8.42 Å². The second-order valence-corrected chi connectivity index (χ2v) is 5.86. The summed E-state index contributed by atoms with van der Waals surface area (Å²) in [5.74, 6) is 0.789. The van der Waals surface area contributed by atoms with E-state index in [1.165, 1.54) is 13.1 Å². The molecule has 2 aromatic rings. The number of hydrogen-bond donors (Lipinski definition) is 2. The van der Waals surface area contributed by atoms with Crippen LogP contribution in [0.25, 0.3) is 5.69 Å². The highest BCUT2D eigenvalue weighted by molar-refractivity contribution is 7.89. The first-order valence-electron chi connectivity index (χ1n) is 5.85. The van der Waals surface area contributed by atoms with E-state index in [1.54, 1.807) is 29.1 Å². The van der Waals surface area contributed by atoms with Crippen LogP contribution in [0.15, 0.2) is 35.5 Å². The van der Waals surface area contributed by atoms with Crippen LogP contribution in [-0.2, 0) is 16.4 Å². The molecule has 102 valence electrons. The molecule has 0 unspecified atom stereocenters. The predicted molar refractivity (Wildman–Crippen MR) is 73.6 cm³/mol. The number of aryl methyl sites for hydroxylation is 1. The van der Waals surface area contributed by atoms with Crippen LogP contribution in [0.3, 0.4) is 0 Å². The van der Waals surface area contributed by atoms with Crippen molar-refractivity contribution in [3.8, 4) is 5.69 Å². The zero-order valence-electron chi connectivity index (χ0n) is 10.8. The van der Waals surface area contributed by atoms with Crippen LogP contribution in [-0.4, -0.2) is 25.0 Å². The molecule has 1 aromatic heterocycles. The van der Waals surface area contributed by atoms with Crippen molar-refractivity contribution in [1.29, 1.82) is 0 Å². The Morgan fingerprint density at radius 2 is 2.16 bits per heavy atom. The highest BCUT2D eigenvalue weighted by atomic mass is 32.2. The number of imidazole rings is 1. The van der Waals surface area contributed by atoms with Crippen molar-refractivity contribution in [2.75, 3.05) is 12.8 Å². The molecule has 0 fully saturated rings. The van der Waals surface area contributed by atoms with Crippen LogP contribution in [0.4, 0.5) is 5.69 Å². The molecule has 6 nitrogen and oxygen atoms in total. The third kappa shape index (κ3) is 2.47. The minimum Gasteiger partial charge on any atom is -0.399 e. The van der Waals surface area contributed by atoms with Gasteiger partial charge in [-0.15, -0.1) is 0 Å². The summed E-state index contributed by atoms with van der Waals surface area (Å²) in [6.45, 7) is 1.96. The number of nitrogens with zero attached hydrogens (tertiary/aromatic N) is 2. The fraction of sp³-hybridized carbons (Fsp3) is 0.250. The maximum atomic E-state index is 12.1. The molecule has 0 amide bonds. The molecule has 7 heteroatoms. The zero-order valence-corrected chi connectivity index (χ0v) is 11.6. The van der Waals surface area contributed by atoms with Gasteiger partial charge in [-0.05, 0) is 25.2 Å². The largest absolute Gasteiger partial charge is 0.399 e. The van der Waals surface area contributed by atoms with Crippen molar-refractivity contribution in [3.63, 3.8) is 0 Å². The minimum atomic E-state index is -3.58. The summed E-state index contributed by atoms with van der Waals surface area (Å²) in [5, 5.41) is 0. The monoisotopic (exact) mass is 280 g/mol. The van der Waals surface area contributed by atoms with Gasteiger partial charge in [0, 0.05) is 24.5 Å². The number of rotatable bonds is 4. The Bertz CT molecular complexity index is 692. The molecular weight excluding hydrogens is 264 g/mol. The summed E-state index contributed by atoms with van der Waals surface area (Å²) >= 11 is 0. The number of nitrogens with two attached hydrogens (primary N) is 1. The molecule has 3 N–H and O–H groups in total. The smallest absolute Gasteiger partial charge is 0.242 e. The number of nitrogen functional groups attached to an aromatic ring is 1. The van der Waals surface area contributed by atoms with E-state index in [0.29, 0.717) is 17.8 Å². The molecule has 0 aliphatic carbocycles. The lowest BCUT2D eigenvalue weighted by Gasteiger charge is -2.13. The number of anilines is 1. The molecule has 0 atom stereocenters. The van der Waals surface area contributed by atoms with Gasteiger partial charge in [-0.25, -0.2) is 18.1 Å². The number of benzene rings is 1. The Hall–Kier alpha value is -1.86. The first-order chi connectivity index (χ1) is 8.99. The molecule has 0 spiro atoms. The average molecular weight is 280 g/mol. The summed E-state index contributed by atoms with van der Waals surface area (Å²) in [6.07, 6.45) is 4.08. The Morgan fingerprint density at radius 3 is 2.79 bits per heavy atom. The van der Waals surface area contributed by atoms with Gasteiger partial charge < -0.3 is 10.3 Å². The molecule has 0 saturated heterocycles. The lowest BCUT2D eigenvalue weighted by Crippen LogP contribution is -2.21. The van der Waals surface area contributed by atoms with Crippen molar-refractivity contribution in [2.24, 2.45) is 0 Å². The van der Waals surface area contributed by atoms with Gasteiger partial charge in [-0.2, -0.15) is 0 Å². The third-order valence-corrected chi connectivity index (χ3v) is 4.28. The standard InChI is InChI=1S/C12H16N4O2S/c1-3-12-15-6-7-16(12)10-5-4-9(13)8-11(10)19(17,18)14-2/h4-8,14H,3,13H2,1-2H3. The molecule has 2 rings (SSSR count). The summed E-state index contributed by atoms with van der Waals surface area (Å²) in [7, 11) is -2.21. The summed E-state index contributed by atoms with van der Waals surface area (Å²) < 4.78 is 28.2. The summed E-state index contributed by atoms with van der Waals surface area (Å²) in [4.78, 5) is 4.34. The van der Waals surface area contributed by atoms with E-state index in [0.717, 1.165) is 5.82 Å². The molecule has 0 radical (unpaired) electrons. The fourth-order valence-corrected chi connectivity index (χ4v) is 2.82. The lowest BCUT2D eigenvalue weighted by molar-refractivity contribution is 0.587. The quantitative estimate of drug-likeness (QED) is 0.815. The number of aromatic nitrogens is 2. The van der Waals surface area contributed by atoms with E-state index in [4.69, 9.17) is 5.73 Å². The van der Waals surface area contributed by atoms with Gasteiger partial charge >= 0.3 is 0 Å². The predicted octanol–water partition coefficient (Wildman–Crippen LogP) is 0.925. The van der Waals surface area contributed by atoms with Gasteiger partial charge in [0.05, 0.1) is 5.69 Å². The van der Waals surface area contributed by atoms with Crippen molar-refractivity contribution >= 4 is 15.7 Å². The van der Waals surface area contributed by atoms with Gasteiger partial charge in [0.1, 0.15) is 10.7 Å². The maximum absolute atomic E-state index is 12.1. The first kappa shape index (κ1) is 13.6. The molecule has 0 aliphatic heterocycles. The fourth-order valence-electron chi connectivity index (χ4n) is 1.87. The van der Waals surface area contributed by atoms with Gasteiger partial charge in [-0.3, -0.25) is 0 Å². The van der Waals surface area contributed by atoms with Crippen molar-refractivity contribution in [3.05, 3.63) is 36.4 Å². The van der Waals surface area contributed by atoms with Gasteiger partial charge in [0.2, 0.25) is 10.0 Å². The Kier molecular flexibility index (Phi) is 3.59. The maximum Gasteiger partial charge on any atom is 0.242 e. The van der Waals surface area contributed by atoms with Gasteiger partial charge in [0.15, 0.2) is 0 Å². The number of nitrogens with one attached hydrogen (secondary N) is 1. The molecule has 0 bridgehead atoms. The Morgan fingerprint density at radius 1 is 1.42 bits per heavy atom. The Balaban J connectivity index is 2.71. The number of sulfonamides is 1. The highest BCUT2D eigenvalue weighted by Crippen LogP contribution is 2.23. The van der Waals surface area contributed by atoms with Crippen molar-refractivity contribution in [1.82, 2.24) is 14.3 Å². The minimum absolute atomic E-state index is 0.141. The topological polar surface area (TPSA) is 90.0 Å². The SMILES string of the molecule is CCc1nccn1-c1ccc(N)cc1S(=O)(=O)NC. The summed E-state index contributed by atoms with van der Waals surface area (Å²) in [5.41, 5.74) is 6.62. The van der Waals surface area contributed by atoms with Crippen LogP contribution in [0.1, 0.15) is 12.7 Å². The first-order valence-corrected chi connectivity index (χ1v) is 7.33. The van der Waals surface area contributed by atoms with E-state index in [-0.39, 0.29) is 4.90 Å². The zero-order chi connectivity index (χ0) is 14.0. The van der Waals surface area contributed by atoms with Gasteiger partial charge in [0.25, 0.3) is 0 Å². The van der Waals surface area contributed by atoms with Crippen LogP contribution in [0, 0.1) is 0 Å². The third-order valence-electron chi connectivity index (χ3n) is 2.84. The molecule has 0 saturated carbocycles. The van der Waals surface area contributed by atoms with E-state index in [1.807, 2.05) is 6.92 Å². The molecule has 1 aromatic carbocycles. The summed E-state index contributed by atoms with van der Waals surface area (Å²) in [6, 6.07) is 4.80. The van der Waals surface area contributed by atoms with Crippen molar-refractivity contribution in [2.45, 2.75) is 18.2 Å².